The molecule has 2 aromatic rings. The van der Waals surface area contributed by atoms with E-state index in [9.17, 15) is 4.79 Å². The Balaban J connectivity index is 0.000000127. The van der Waals surface area contributed by atoms with Gasteiger partial charge in [0.1, 0.15) is 6.26 Å². The summed E-state index contributed by atoms with van der Waals surface area (Å²) in [4.78, 5) is 16.1. The molecule has 6 nitrogen and oxygen atoms in total. The van der Waals surface area contributed by atoms with Gasteiger partial charge in [0.25, 0.3) is 5.56 Å². The van der Waals surface area contributed by atoms with Crippen LogP contribution in [0.2, 0.25) is 0 Å². The van der Waals surface area contributed by atoms with Crippen LogP contribution in [0.5, 0.6) is 0 Å². The minimum absolute atomic E-state index is 0.164. The zero-order valence-corrected chi connectivity index (χ0v) is 6.04. The molecule has 0 amide bonds. The minimum Gasteiger partial charge on any atom is -0.346 e. The molecule has 0 radical (unpaired) electrons. The monoisotopic (exact) mass is 166 g/mol. The number of nitrogens with zero attached hydrogens (tertiary/aromatic N) is 3. The lowest BCUT2D eigenvalue weighted by molar-refractivity contribution is 0.393. The minimum atomic E-state index is -0.164. The number of aromatic amines is 1. The lowest BCUT2D eigenvalue weighted by atomic mass is 10.8. The SMILES string of the molecule is O=c1cncc[nH]1.c1conn1. The molecule has 2 aromatic heterocycles. The van der Waals surface area contributed by atoms with Crippen molar-refractivity contribution >= 4 is 0 Å². The van der Waals surface area contributed by atoms with Crippen LogP contribution >= 0.6 is 0 Å². The van der Waals surface area contributed by atoms with Crippen LogP contribution in [0.1, 0.15) is 0 Å². The highest BCUT2D eigenvalue weighted by molar-refractivity contribution is 4.73. The Kier molecular flexibility index (Phi) is 3.23. The Labute approximate surface area is 67.2 Å². The van der Waals surface area contributed by atoms with E-state index in [4.69, 9.17) is 0 Å². The summed E-state index contributed by atoms with van der Waals surface area (Å²) in [5.41, 5.74) is -0.164. The van der Waals surface area contributed by atoms with Gasteiger partial charge < -0.3 is 9.51 Å². The van der Waals surface area contributed by atoms with E-state index in [1.165, 1.54) is 31.1 Å². The highest BCUT2D eigenvalue weighted by Crippen LogP contribution is 1.64. The molecule has 0 atom stereocenters. The lowest BCUT2D eigenvalue weighted by Gasteiger charge is -1.73. The molecule has 62 valence electrons. The third-order valence-electron chi connectivity index (χ3n) is 0.861. The van der Waals surface area contributed by atoms with Crippen LogP contribution in [0.15, 0.2) is 40.4 Å². The fourth-order valence-corrected chi connectivity index (χ4v) is 0.447. The second-order valence-electron chi connectivity index (χ2n) is 1.69. The number of rotatable bonds is 0. The molecule has 6 heteroatoms. The Hall–Kier alpha value is -1.98. The van der Waals surface area contributed by atoms with Crippen molar-refractivity contribution in [2.45, 2.75) is 0 Å². The Bertz CT molecular complexity index is 308. The zero-order valence-electron chi connectivity index (χ0n) is 6.04. The molecule has 2 rings (SSSR count). The summed E-state index contributed by atoms with van der Waals surface area (Å²) < 4.78 is 4.22. The van der Waals surface area contributed by atoms with Crippen molar-refractivity contribution in [3.63, 3.8) is 0 Å². The summed E-state index contributed by atoms with van der Waals surface area (Å²) in [7, 11) is 0. The lowest BCUT2D eigenvalue weighted by Crippen LogP contribution is -2.01. The molecule has 0 aromatic carbocycles. The Morgan fingerprint density at radius 2 is 2.33 bits per heavy atom. The molecule has 0 saturated heterocycles. The number of hydrogen-bond donors (Lipinski definition) is 1. The summed E-state index contributed by atoms with van der Waals surface area (Å²) in [6.45, 7) is 0. The molecule has 0 unspecified atom stereocenters. The molecule has 0 aliphatic rings. The van der Waals surface area contributed by atoms with Crippen molar-refractivity contribution < 1.29 is 4.52 Å². The first kappa shape index (κ1) is 8.12. The van der Waals surface area contributed by atoms with E-state index in [1.54, 1.807) is 0 Å². The van der Waals surface area contributed by atoms with Crippen molar-refractivity contribution in [3.05, 3.63) is 41.4 Å². The van der Waals surface area contributed by atoms with Gasteiger partial charge >= 0.3 is 0 Å². The predicted octanol–water partition coefficient (Wildman–Crippen LogP) is -0.161. The third-order valence-corrected chi connectivity index (χ3v) is 0.861. The van der Waals surface area contributed by atoms with E-state index < -0.39 is 0 Å². The van der Waals surface area contributed by atoms with Gasteiger partial charge in [-0.25, -0.2) is 0 Å². The molecule has 0 fully saturated rings. The van der Waals surface area contributed by atoms with Gasteiger partial charge in [-0.15, -0.1) is 5.10 Å². The summed E-state index contributed by atoms with van der Waals surface area (Å²) in [5.74, 6) is 0. The fraction of sp³-hybridized carbons (Fsp3) is 0. The van der Waals surface area contributed by atoms with Gasteiger partial charge in [-0.2, -0.15) is 0 Å². The Morgan fingerprint density at radius 3 is 2.58 bits per heavy atom. The molecular formula is C6H6N4O2. The topological polar surface area (TPSA) is 84.7 Å². The Morgan fingerprint density at radius 1 is 1.42 bits per heavy atom. The standard InChI is InChI=1S/C4H4N2O.C2H2N2O/c7-4-3-5-1-2-6-4;1-2-5-4-3-1/h1-3H,(H,6,7);1-2H. The highest BCUT2D eigenvalue weighted by atomic mass is 16.5. The first-order chi connectivity index (χ1) is 5.89. The van der Waals surface area contributed by atoms with Crippen molar-refractivity contribution in [2.24, 2.45) is 0 Å². The van der Waals surface area contributed by atoms with E-state index in [1.807, 2.05) is 0 Å². The fourth-order valence-electron chi connectivity index (χ4n) is 0.447. The molecule has 2 heterocycles. The smallest absolute Gasteiger partial charge is 0.266 e. The van der Waals surface area contributed by atoms with Crippen molar-refractivity contribution in [2.75, 3.05) is 0 Å². The number of hydrogen-bond acceptors (Lipinski definition) is 5. The van der Waals surface area contributed by atoms with Gasteiger partial charge in [0.05, 0.1) is 12.4 Å². The average Bonchev–Trinajstić information content (AvgIpc) is 2.62. The first-order valence-electron chi connectivity index (χ1n) is 3.09. The summed E-state index contributed by atoms with van der Waals surface area (Å²) in [6, 6.07) is 0. The molecule has 0 saturated carbocycles. The van der Waals surface area contributed by atoms with Crippen LogP contribution in [0, 0.1) is 0 Å². The second kappa shape index (κ2) is 4.78. The van der Waals surface area contributed by atoms with E-state index >= 15 is 0 Å². The molecule has 0 spiro atoms. The summed E-state index contributed by atoms with van der Waals surface area (Å²) >= 11 is 0. The maximum Gasteiger partial charge on any atom is 0.266 e. The van der Waals surface area contributed by atoms with E-state index in [-0.39, 0.29) is 5.56 Å². The van der Waals surface area contributed by atoms with Crippen LogP contribution in [-0.2, 0) is 0 Å². The van der Waals surface area contributed by atoms with Crippen LogP contribution in [0.4, 0.5) is 0 Å². The van der Waals surface area contributed by atoms with Gasteiger partial charge in [0.2, 0.25) is 0 Å². The summed E-state index contributed by atoms with van der Waals surface area (Å²) in [5, 5.41) is 6.40. The van der Waals surface area contributed by atoms with Gasteiger partial charge in [-0.3, -0.25) is 9.78 Å². The average molecular weight is 166 g/mol. The summed E-state index contributed by atoms with van der Waals surface area (Å²) in [6.07, 6.45) is 7.10. The van der Waals surface area contributed by atoms with E-state index in [0.717, 1.165) is 0 Å². The first-order valence-corrected chi connectivity index (χ1v) is 3.09. The number of H-pyrrole nitrogens is 1. The van der Waals surface area contributed by atoms with Crippen LogP contribution in [0.3, 0.4) is 0 Å². The molecule has 12 heavy (non-hydrogen) atoms. The molecule has 0 aliphatic carbocycles. The van der Waals surface area contributed by atoms with Crippen molar-refractivity contribution in [3.8, 4) is 0 Å². The van der Waals surface area contributed by atoms with E-state index in [2.05, 4.69) is 24.9 Å². The second-order valence-corrected chi connectivity index (χ2v) is 1.69. The van der Waals surface area contributed by atoms with Crippen molar-refractivity contribution in [1.29, 1.82) is 0 Å². The number of nitrogens with one attached hydrogen (secondary N) is 1. The van der Waals surface area contributed by atoms with Crippen LogP contribution < -0.4 is 5.56 Å². The van der Waals surface area contributed by atoms with Gasteiger partial charge in [0.15, 0.2) is 0 Å². The predicted molar refractivity (Wildman–Crippen MR) is 39.2 cm³/mol. The van der Waals surface area contributed by atoms with Gasteiger partial charge in [-0.05, 0) is 0 Å². The van der Waals surface area contributed by atoms with Gasteiger partial charge in [0, 0.05) is 17.7 Å². The number of aromatic nitrogens is 4. The maximum atomic E-state index is 10.2. The van der Waals surface area contributed by atoms with E-state index in [0.29, 0.717) is 0 Å². The quantitative estimate of drug-likeness (QED) is 0.587. The zero-order chi connectivity index (χ0) is 8.65. The molecule has 0 bridgehead atoms. The van der Waals surface area contributed by atoms with Crippen molar-refractivity contribution in [1.82, 2.24) is 20.3 Å². The maximum absolute atomic E-state index is 10.2. The normalized spacial score (nSPS) is 8.33. The highest BCUT2D eigenvalue weighted by Gasteiger charge is 1.70. The van der Waals surface area contributed by atoms with Gasteiger partial charge in [-0.1, -0.05) is 0 Å². The molecule has 0 aliphatic heterocycles. The van der Waals surface area contributed by atoms with Crippen LogP contribution in [0.25, 0.3) is 0 Å². The third kappa shape index (κ3) is 3.25. The molecule has 1 N–H and O–H groups in total. The van der Waals surface area contributed by atoms with Crippen LogP contribution in [-0.4, -0.2) is 20.3 Å². The largest absolute Gasteiger partial charge is 0.346 e. The molecular weight excluding hydrogens is 160 g/mol.